The third-order valence-corrected chi connectivity index (χ3v) is 2.11. The third kappa shape index (κ3) is 1.41. The lowest BCUT2D eigenvalue weighted by molar-refractivity contribution is 0.173. The molecule has 0 unspecified atom stereocenters. The lowest BCUT2D eigenvalue weighted by Crippen LogP contribution is -2.16. The van der Waals surface area contributed by atoms with Gasteiger partial charge in [0.05, 0.1) is 12.6 Å². The smallest absolute Gasteiger partial charge is 0.253 e. The van der Waals surface area contributed by atoms with Crippen LogP contribution < -0.4 is 4.84 Å². The maximum Gasteiger partial charge on any atom is 0.253 e. The molecule has 1 aromatic carbocycles. The number of nitrogens with one attached hydrogen (secondary N) is 1. The quantitative estimate of drug-likeness (QED) is 0.589. The molecule has 0 bridgehead atoms. The number of para-hydroxylation sites is 2. The zero-order valence-corrected chi connectivity index (χ0v) is 8.52. The monoisotopic (exact) mass is 205 g/mol. The second-order valence-corrected chi connectivity index (χ2v) is 2.93. The van der Waals surface area contributed by atoms with Crippen molar-refractivity contribution >= 4 is 16.9 Å². The molecule has 2 aromatic rings. The number of methoxy groups -OCH3 is 1. The maximum atomic E-state index is 7.57. The van der Waals surface area contributed by atoms with Crippen LogP contribution in [-0.4, -0.2) is 29.8 Å². The number of ether oxygens (including phenoxy) is 1. The summed E-state index contributed by atoms with van der Waals surface area (Å²) in [5.41, 5.74) is 1.59. The molecular weight excluding hydrogens is 194 g/mol. The zero-order valence-electron chi connectivity index (χ0n) is 8.52. The molecule has 0 atom stereocenters. The Morgan fingerprint density at radius 2 is 2.07 bits per heavy atom. The summed E-state index contributed by atoms with van der Waals surface area (Å²) in [4.78, 5) is 9.40. The topological polar surface area (TPSA) is 60.1 Å². The van der Waals surface area contributed by atoms with Gasteiger partial charge < -0.3 is 9.57 Å². The van der Waals surface area contributed by atoms with Crippen molar-refractivity contribution < 1.29 is 9.57 Å². The Morgan fingerprint density at radius 3 is 2.73 bits per heavy atom. The van der Waals surface area contributed by atoms with E-state index in [0.717, 1.165) is 11.0 Å². The summed E-state index contributed by atoms with van der Waals surface area (Å²) in [6.45, 7) is 0. The highest BCUT2D eigenvalue weighted by Crippen LogP contribution is 2.14. The number of aromatic nitrogens is 2. The highest BCUT2D eigenvalue weighted by Gasteiger charge is 2.15. The minimum atomic E-state index is -0.0203. The van der Waals surface area contributed by atoms with Crippen LogP contribution in [0.1, 0.15) is 5.82 Å². The van der Waals surface area contributed by atoms with Crippen molar-refractivity contribution in [3.8, 4) is 0 Å². The maximum absolute atomic E-state index is 7.57. The van der Waals surface area contributed by atoms with Gasteiger partial charge >= 0.3 is 0 Å². The SMILES string of the molecule is COC(=N)c1nc2ccccc2n1OC. The standard InChI is InChI=1S/C10H11N3O2/c1-14-9(11)10-12-7-5-3-4-6-8(7)13(10)15-2/h3-6,11H,1-2H3. The highest BCUT2D eigenvalue weighted by atomic mass is 16.6. The molecule has 0 saturated carbocycles. The Bertz CT molecular complexity index is 504. The minimum Gasteiger partial charge on any atom is -0.479 e. The average molecular weight is 205 g/mol. The van der Waals surface area contributed by atoms with Crippen molar-refractivity contribution in [2.24, 2.45) is 0 Å². The van der Waals surface area contributed by atoms with Gasteiger partial charge in [0.15, 0.2) is 0 Å². The Kier molecular flexibility index (Phi) is 2.29. The molecule has 5 nitrogen and oxygen atoms in total. The first-order valence-electron chi connectivity index (χ1n) is 4.42. The molecule has 2 rings (SSSR count). The summed E-state index contributed by atoms with van der Waals surface area (Å²) in [6.07, 6.45) is 0. The van der Waals surface area contributed by atoms with E-state index in [1.165, 1.54) is 19.0 Å². The molecule has 0 aliphatic carbocycles. The molecule has 1 N–H and O–H groups in total. The van der Waals surface area contributed by atoms with E-state index in [0.29, 0.717) is 5.82 Å². The summed E-state index contributed by atoms with van der Waals surface area (Å²) in [7, 11) is 2.96. The van der Waals surface area contributed by atoms with Crippen LogP contribution in [0.15, 0.2) is 24.3 Å². The summed E-state index contributed by atoms with van der Waals surface area (Å²) < 4.78 is 6.30. The first kappa shape index (κ1) is 9.51. The predicted molar refractivity (Wildman–Crippen MR) is 56.1 cm³/mol. The average Bonchev–Trinajstić information content (AvgIpc) is 2.66. The molecule has 0 aliphatic rings. The third-order valence-electron chi connectivity index (χ3n) is 2.11. The zero-order chi connectivity index (χ0) is 10.8. The molecule has 1 heterocycles. The number of benzene rings is 1. The van der Waals surface area contributed by atoms with Gasteiger partial charge in [-0.1, -0.05) is 12.1 Å². The van der Waals surface area contributed by atoms with Crippen molar-refractivity contribution in [3.63, 3.8) is 0 Å². The summed E-state index contributed by atoms with van der Waals surface area (Å²) >= 11 is 0. The van der Waals surface area contributed by atoms with E-state index in [4.69, 9.17) is 15.0 Å². The van der Waals surface area contributed by atoms with Gasteiger partial charge in [0.25, 0.3) is 5.90 Å². The van der Waals surface area contributed by atoms with Gasteiger partial charge in [0.2, 0.25) is 5.82 Å². The summed E-state index contributed by atoms with van der Waals surface area (Å²) in [5, 5.41) is 7.57. The largest absolute Gasteiger partial charge is 0.479 e. The molecule has 5 heteroatoms. The number of nitrogens with zero attached hydrogens (tertiary/aromatic N) is 2. The fourth-order valence-electron chi connectivity index (χ4n) is 1.42. The fourth-order valence-corrected chi connectivity index (χ4v) is 1.42. The molecule has 0 spiro atoms. The molecule has 0 saturated heterocycles. The van der Waals surface area contributed by atoms with Gasteiger partial charge in [-0.3, -0.25) is 5.41 Å². The van der Waals surface area contributed by atoms with E-state index in [2.05, 4.69) is 4.98 Å². The second-order valence-electron chi connectivity index (χ2n) is 2.93. The normalized spacial score (nSPS) is 10.3. The number of fused-ring (bicyclic) bond motifs is 1. The first-order chi connectivity index (χ1) is 7.27. The van der Waals surface area contributed by atoms with Crippen LogP contribution in [0, 0.1) is 5.41 Å². The Hall–Kier alpha value is -2.04. The van der Waals surface area contributed by atoms with Crippen molar-refractivity contribution in [2.45, 2.75) is 0 Å². The Balaban J connectivity index is 2.69. The van der Waals surface area contributed by atoms with Gasteiger partial charge in [-0.25, -0.2) is 4.98 Å². The van der Waals surface area contributed by atoms with Gasteiger partial charge in [0, 0.05) is 0 Å². The van der Waals surface area contributed by atoms with E-state index in [1.54, 1.807) is 0 Å². The molecule has 15 heavy (non-hydrogen) atoms. The van der Waals surface area contributed by atoms with E-state index in [1.807, 2.05) is 24.3 Å². The Morgan fingerprint density at radius 1 is 1.33 bits per heavy atom. The summed E-state index contributed by atoms with van der Waals surface area (Å²) in [6, 6.07) is 7.50. The van der Waals surface area contributed by atoms with E-state index in [-0.39, 0.29) is 5.90 Å². The van der Waals surface area contributed by atoms with Gasteiger partial charge in [0.1, 0.15) is 12.6 Å². The molecule has 0 aliphatic heterocycles. The van der Waals surface area contributed by atoms with Crippen molar-refractivity contribution in [1.29, 1.82) is 5.41 Å². The number of hydrogen-bond acceptors (Lipinski definition) is 4. The van der Waals surface area contributed by atoms with Gasteiger partial charge in [-0.15, -0.1) is 0 Å². The molecular formula is C10H11N3O2. The lowest BCUT2D eigenvalue weighted by atomic mass is 10.3. The summed E-state index contributed by atoms with van der Waals surface area (Å²) in [5.74, 6) is 0.342. The van der Waals surface area contributed by atoms with Crippen molar-refractivity contribution in [2.75, 3.05) is 14.2 Å². The van der Waals surface area contributed by atoms with Crippen LogP contribution in [-0.2, 0) is 4.74 Å². The van der Waals surface area contributed by atoms with Crippen LogP contribution in [0.2, 0.25) is 0 Å². The van der Waals surface area contributed by atoms with E-state index < -0.39 is 0 Å². The van der Waals surface area contributed by atoms with Crippen LogP contribution >= 0.6 is 0 Å². The molecule has 78 valence electrons. The van der Waals surface area contributed by atoms with Crippen LogP contribution in [0.3, 0.4) is 0 Å². The number of rotatable bonds is 2. The van der Waals surface area contributed by atoms with E-state index >= 15 is 0 Å². The second kappa shape index (κ2) is 3.61. The van der Waals surface area contributed by atoms with Gasteiger partial charge in [-0.2, -0.15) is 4.73 Å². The van der Waals surface area contributed by atoms with Gasteiger partial charge in [-0.05, 0) is 12.1 Å². The number of imidazole rings is 1. The number of hydrogen-bond donors (Lipinski definition) is 1. The molecule has 0 fully saturated rings. The Labute approximate surface area is 86.7 Å². The minimum absolute atomic E-state index is 0.0203. The highest BCUT2D eigenvalue weighted by molar-refractivity contribution is 5.92. The van der Waals surface area contributed by atoms with Crippen LogP contribution in [0.4, 0.5) is 0 Å². The van der Waals surface area contributed by atoms with Crippen molar-refractivity contribution in [1.82, 2.24) is 9.71 Å². The molecule has 0 amide bonds. The van der Waals surface area contributed by atoms with Crippen LogP contribution in [0.25, 0.3) is 11.0 Å². The first-order valence-corrected chi connectivity index (χ1v) is 4.42. The molecule has 0 radical (unpaired) electrons. The van der Waals surface area contributed by atoms with Crippen LogP contribution in [0.5, 0.6) is 0 Å². The van der Waals surface area contributed by atoms with Crippen molar-refractivity contribution in [3.05, 3.63) is 30.1 Å². The molecule has 1 aromatic heterocycles. The fraction of sp³-hybridized carbons (Fsp3) is 0.200. The predicted octanol–water partition coefficient (Wildman–Crippen LogP) is 1.07. The van der Waals surface area contributed by atoms with E-state index in [9.17, 15) is 0 Å². The lowest BCUT2D eigenvalue weighted by Gasteiger charge is -2.05.